The molecular formula is C73H90N20O4. The van der Waals surface area contributed by atoms with E-state index < -0.39 is 0 Å². The van der Waals surface area contributed by atoms with E-state index in [2.05, 4.69) is 189 Å². The maximum atomic E-state index is 9.74. The van der Waals surface area contributed by atoms with Gasteiger partial charge in [0.1, 0.15) is 5.76 Å². The first kappa shape index (κ1) is 69.4. The molecule has 9 N–H and O–H groups in total. The molecule has 3 aromatic carbocycles. The normalized spacial score (nSPS) is 12.4. The van der Waals surface area contributed by atoms with Crippen molar-refractivity contribution in [3.05, 3.63) is 192 Å². The van der Waals surface area contributed by atoms with Crippen molar-refractivity contribution in [3.8, 4) is 33.8 Å². The van der Waals surface area contributed by atoms with Gasteiger partial charge in [0.05, 0.1) is 74.2 Å². The number of hydrogen-bond acceptors (Lipinski definition) is 21. The molecule has 0 bridgehead atoms. The predicted octanol–water partition coefficient (Wildman–Crippen LogP) is 13.0. The molecule has 0 aliphatic carbocycles. The Morgan fingerprint density at radius 2 is 0.845 bits per heavy atom. The van der Waals surface area contributed by atoms with Crippen molar-refractivity contribution in [1.29, 1.82) is 0 Å². The van der Waals surface area contributed by atoms with Crippen molar-refractivity contribution in [1.82, 2.24) is 68.7 Å². The van der Waals surface area contributed by atoms with Gasteiger partial charge in [-0.2, -0.15) is 58.7 Å². The maximum Gasteiger partial charge on any atom is 0.229 e. The van der Waals surface area contributed by atoms with Gasteiger partial charge in [0.2, 0.25) is 35.7 Å². The zero-order chi connectivity index (χ0) is 68.5. The van der Waals surface area contributed by atoms with E-state index in [4.69, 9.17) is 14.4 Å². The van der Waals surface area contributed by atoms with Crippen molar-refractivity contribution >= 4 is 52.6 Å². The summed E-state index contributed by atoms with van der Waals surface area (Å²) in [6, 6.07) is 40.0. The van der Waals surface area contributed by atoms with Gasteiger partial charge in [-0.25, -0.2) is 0 Å². The van der Waals surface area contributed by atoms with E-state index in [0.29, 0.717) is 55.3 Å². The number of fused-ring (bicyclic) bond motifs is 3. The van der Waals surface area contributed by atoms with Gasteiger partial charge in [-0.1, -0.05) is 167 Å². The molecule has 24 heteroatoms. The quantitative estimate of drug-likeness (QED) is 0.0231. The van der Waals surface area contributed by atoms with Crippen LogP contribution in [0, 0.1) is 11.8 Å². The summed E-state index contributed by atoms with van der Waals surface area (Å²) >= 11 is 0. The van der Waals surface area contributed by atoms with Crippen LogP contribution >= 0.6 is 0 Å². The van der Waals surface area contributed by atoms with E-state index in [0.717, 1.165) is 90.6 Å². The van der Waals surface area contributed by atoms with E-state index in [1.165, 1.54) is 0 Å². The summed E-state index contributed by atoms with van der Waals surface area (Å²) in [4.78, 5) is 37.0. The topological polar surface area (TPSA) is 301 Å². The number of rotatable bonds is 27. The molecule has 0 radical (unpaired) electrons. The minimum Gasteiger partial charge on any atom is -0.464 e. The van der Waals surface area contributed by atoms with Crippen LogP contribution in [0.3, 0.4) is 0 Å². The van der Waals surface area contributed by atoms with Gasteiger partial charge in [-0.15, -0.1) is 0 Å². The SMILES string of the molecule is CC(C)c1cnn2c(NCc3ccc(-c4ccccc4)nc3)nc(N[C@@H](CO)C(C)C)nc12.CC(C)c1cnn2c(NCc3ccc(-c4ccccn4)cc3)nc(N[C@@H](CO)C(C)C)nc12.CC[C@@H](CO)Nc1nc(NCc2ccc(-c3ccco3)cc2)n2ncc(C(C)C)c2n1. The lowest BCUT2D eigenvalue weighted by molar-refractivity contribution is 0.248. The summed E-state index contributed by atoms with van der Waals surface area (Å²) < 4.78 is 10.7. The van der Waals surface area contributed by atoms with Crippen molar-refractivity contribution in [2.45, 2.75) is 138 Å². The highest BCUT2D eigenvalue weighted by molar-refractivity contribution is 5.63. The number of aliphatic hydroxyl groups is 3. The van der Waals surface area contributed by atoms with Crippen LogP contribution in [-0.2, 0) is 19.6 Å². The Bertz CT molecular complexity index is 4190. The molecule has 0 spiro atoms. The summed E-state index contributed by atoms with van der Waals surface area (Å²) in [5.74, 6) is 5.35. The first-order valence-corrected chi connectivity index (χ1v) is 33.2. The van der Waals surface area contributed by atoms with Gasteiger partial charge in [-0.05, 0) is 83.0 Å². The fraction of sp³-hybridized carbons (Fsp3) is 0.356. The van der Waals surface area contributed by atoms with Crippen molar-refractivity contribution < 1.29 is 19.7 Å². The number of hydrogen-bond donors (Lipinski definition) is 9. The van der Waals surface area contributed by atoms with Crippen molar-refractivity contribution in [2.75, 3.05) is 51.7 Å². The second-order valence-corrected chi connectivity index (χ2v) is 25.4. The average Bonchev–Trinajstić information content (AvgIpc) is 1.68. The number of aromatic nitrogens is 14. The van der Waals surface area contributed by atoms with Gasteiger partial charge < -0.3 is 51.6 Å². The Hall–Kier alpha value is -10.4. The van der Waals surface area contributed by atoms with E-state index >= 15 is 0 Å². The maximum absolute atomic E-state index is 9.74. The van der Waals surface area contributed by atoms with Crippen LogP contribution < -0.4 is 31.9 Å². The second-order valence-electron chi connectivity index (χ2n) is 25.4. The number of aliphatic hydroxyl groups excluding tert-OH is 3. The van der Waals surface area contributed by atoms with Crippen LogP contribution in [0.5, 0.6) is 0 Å². The molecule has 9 heterocycles. The van der Waals surface area contributed by atoms with Gasteiger partial charge in [0, 0.05) is 65.4 Å². The third-order valence-corrected chi connectivity index (χ3v) is 16.7. The van der Waals surface area contributed by atoms with Crippen LogP contribution in [-0.4, -0.2) is 122 Å². The molecule has 9 aromatic heterocycles. The predicted molar refractivity (Wildman–Crippen MR) is 384 cm³/mol. The molecule has 0 saturated heterocycles. The number of pyridine rings is 2. The first-order chi connectivity index (χ1) is 47.0. The van der Waals surface area contributed by atoms with E-state index in [9.17, 15) is 15.3 Å². The Balaban J connectivity index is 0.000000158. The molecule has 0 unspecified atom stereocenters. The molecule has 0 saturated carbocycles. The highest BCUT2D eigenvalue weighted by Crippen LogP contribution is 2.28. The Morgan fingerprint density at radius 1 is 0.412 bits per heavy atom. The fourth-order valence-electron chi connectivity index (χ4n) is 10.5. The number of furan rings is 1. The van der Waals surface area contributed by atoms with Gasteiger partial charge in [-0.3, -0.25) is 9.97 Å². The summed E-state index contributed by atoms with van der Waals surface area (Å²) in [6.07, 6.45) is 11.6. The zero-order valence-electron chi connectivity index (χ0n) is 57.1. The third kappa shape index (κ3) is 17.5. The Kier molecular flexibility index (Phi) is 23.5. The molecule has 0 aliphatic heterocycles. The Morgan fingerprint density at radius 3 is 1.24 bits per heavy atom. The number of nitrogens with one attached hydrogen (secondary N) is 6. The van der Waals surface area contributed by atoms with Crippen LogP contribution in [0.1, 0.15) is 134 Å². The molecule has 97 heavy (non-hydrogen) atoms. The molecule has 24 nitrogen and oxygen atoms in total. The van der Waals surface area contributed by atoms with Crippen molar-refractivity contribution in [2.24, 2.45) is 11.8 Å². The molecule has 12 rings (SSSR count). The Labute approximate surface area is 566 Å². The molecule has 3 atom stereocenters. The van der Waals surface area contributed by atoms with Gasteiger partial charge in [0.25, 0.3) is 0 Å². The second kappa shape index (κ2) is 32.8. The molecule has 12 aromatic rings. The lowest BCUT2D eigenvalue weighted by atomic mass is 10.1. The van der Waals surface area contributed by atoms with Crippen LogP contribution in [0.15, 0.2) is 163 Å². The van der Waals surface area contributed by atoms with Crippen LogP contribution in [0.2, 0.25) is 0 Å². The number of anilines is 6. The largest absolute Gasteiger partial charge is 0.464 e. The molecule has 0 amide bonds. The summed E-state index contributed by atoms with van der Waals surface area (Å²) in [6.45, 7) is 24.7. The lowest BCUT2D eigenvalue weighted by Crippen LogP contribution is -2.30. The standard InChI is InChI=1S/2C25H31N7O.C23H28N6O2/c1-16(2)20-14-28-32-23(20)30-24(29-22(15-33)17(3)4)31-25(32)27-13-18-8-10-19(11-9-18)21-7-5-6-12-26-21;1-16(2)20-14-28-32-23(20)30-24(29-22(15-33)17(3)4)31-25(32)27-13-18-10-11-21(26-12-18)19-8-6-5-7-9-19;1-4-18(14-30)26-22-27-21-19(15(2)3)13-25-29(21)23(28-22)24-12-16-7-9-17(10-8-16)20-6-5-11-31-20/h2*5-12,14,16-17,22,33H,13,15H2,1-4H3,(H2,27,29,30,31);5-11,13,15,18,30H,4,12,14H2,1-3H3,(H2,24,26,27,28)/t2*22-;18-/m000/s1. The van der Waals surface area contributed by atoms with Gasteiger partial charge >= 0.3 is 0 Å². The van der Waals surface area contributed by atoms with Crippen molar-refractivity contribution in [3.63, 3.8) is 0 Å². The smallest absolute Gasteiger partial charge is 0.229 e. The third-order valence-electron chi connectivity index (χ3n) is 16.7. The average molecular weight is 1310 g/mol. The van der Waals surface area contributed by atoms with Gasteiger partial charge in [0.15, 0.2) is 16.9 Å². The first-order valence-electron chi connectivity index (χ1n) is 33.2. The summed E-state index contributed by atoms with van der Waals surface area (Å²) in [5.41, 5.74) is 13.8. The minimum absolute atomic E-state index is 0.00466. The highest BCUT2D eigenvalue weighted by Gasteiger charge is 2.22. The van der Waals surface area contributed by atoms with Crippen LogP contribution in [0.25, 0.3) is 50.8 Å². The number of benzene rings is 3. The van der Waals surface area contributed by atoms with E-state index in [1.54, 1.807) is 26.0 Å². The van der Waals surface area contributed by atoms with E-state index in [-0.39, 0.29) is 67.5 Å². The van der Waals surface area contributed by atoms with E-state index in [1.807, 2.05) is 111 Å². The minimum atomic E-state index is -0.138. The van der Waals surface area contributed by atoms with Crippen LogP contribution in [0.4, 0.5) is 35.7 Å². The molecule has 0 fully saturated rings. The lowest BCUT2D eigenvalue weighted by Gasteiger charge is -2.20. The molecular weight excluding hydrogens is 1220 g/mol. The summed E-state index contributed by atoms with van der Waals surface area (Å²) in [5, 5.41) is 62.5. The highest BCUT2D eigenvalue weighted by atomic mass is 16.3. The molecule has 506 valence electrons. The monoisotopic (exact) mass is 1310 g/mol. The number of nitrogens with zero attached hydrogens (tertiary/aromatic N) is 14. The fourth-order valence-corrected chi connectivity index (χ4v) is 10.5. The zero-order valence-corrected chi connectivity index (χ0v) is 57.1. The molecule has 0 aliphatic rings. The summed E-state index contributed by atoms with van der Waals surface area (Å²) in [7, 11) is 0.